The monoisotopic (exact) mass is 343 g/mol. The van der Waals surface area contributed by atoms with Crippen LogP contribution in [0.4, 0.5) is 0 Å². The molecule has 0 bridgehead atoms. The Bertz CT molecular complexity index is 548. The fourth-order valence-corrected chi connectivity index (χ4v) is 2.84. The average Bonchev–Trinajstić information content (AvgIpc) is 2.33. The van der Waals surface area contributed by atoms with Gasteiger partial charge in [-0.2, -0.15) is 0 Å². The Morgan fingerprint density at radius 2 is 1.55 bits per heavy atom. The van der Waals surface area contributed by atoms with Crippen molar-refractivity contribution in [3.63, 3.8) is 0 Å². The van der Waals surface area contributed by atoms with E-state index in [1.54, 1.807) is 0 Å². The molecule has 0 amide bonds. The molecule has 0 heterocycles. The Balaban J connectivity index is 3.13. The van der Waals surface area contributed by atoms with Gasteiger partial charge in [0.2, 0.25) is 0 Å². The van der Waals surface area contributed by atoms with Crippen LogP contribution in [0.1, 0.15) is 64.7 Å². The van der Waals surface area contributed by atoms with E-state index in [0.717, 1.165) is 29.5 Å². The summed E-state index contributed by atoms with van der Waals surface area (Å²) in [5.41, 5.74) is 2.83. The highest BCUT2D eigenvalue weighted by molar-refractivity contribution is 8.19. The summed E-state index contributed by atoms with van der Waals surface area (Å²) in [4.78, 5) is 0. The van der Waals surface area contributed by atoms with Gasteiger partial charge in [-0.25, -0.2) is 11.2 Å². The zero-order valence-electron chi connectivity index (χ0n) is 14.4. The van der Waals surface area contributed by atoms with Gasteiger partial charge < -0.3 is 13.5 Å². The minimum Gasteiger partial charge on any atom is -0.507 e. The normalized spacial score (nSPS) is 12.9. The SMILES string of the molecule is CC(C)(C)c1cc(CCCO[S-](=O)=S)cc(C(C)(C)C)c1O. The maximum Gasteiger partial charge on any atom is 0.123 e. The summed E-state index contributed by atoms with van der Waals surface area (Å²) in [6.07, 6.45) is 1.55. The Kier molecular flexibility index (Phi) is 6.42. The molecular weight excluding hydrogens is 316 g/mol. The molecule has 1 N–H and O–H groups in total. The van der Waals surface area contributed by atoms with Crippen LogP contribution in [0.2, 0.25) is 0 Å². The number of aryl methyl sites for hydroxylation is 1. The lowest BCUT2D eigenvalue weighted by atomic mass is 9.78. The maximum atomic E-state index is 10.7. The molecule has 1 rings (SSSR count). The fraction of sp³-hybridized carbons (Fsp3) is 0.647. The van der Waals surface area contributed by atoms with Gasteiger partial charge in [-0.3, -0.25) is 0 Å². The van der Waals surface area contributed by atoms with Crippen molar-refractivity contribution in [3.8, 4) is 5.75 Å². The quantitative estimate of drug-likeness (QED) is 0.640. The second-order valence-electron chi connectivity index (χ2n) is 7.67. The highest BCUT2D eigenvalue weighted by atomic mass is 32.8. The van der Waals surface area contributed by atoms with Crippen molar-refractivity contribution >= 4 is 20.8 Å². The Morgan fingerprint density at radius 3 is 1.91 bits per heavy atom. The average molecular weight is 344 g/mol. The molecule has 0 fully saturated rings. The molecule has 126 valence electrons. The van der Waals surface area contributed by atoms with Gasteiger partial charge in [0.1, 0.15) is 5.75 Å². The van der Waals surface area contributed by atoms with Crippen molar-refractivity contribution in [3.05, 3.63) is 28.8 Å². The van der Waals surface area contributed by atoms with Crippen LogP contribution < -0.4 is 0 Å². The molecule has 3 nitrogen and oxygen atoms in total. The molecule has 22 heavy (non-hydrogen) atoms. The van der Waals surface area contributed by atoms with E-state index in [0.29, 0.717) is 12.4 Å². The highest BCUT2D eigenvalue weighted by Gasteiger charge is 2.26. The topological polar surface area (TPSA) is 46.5 Å². The molecule has 0 spiro atoms. The molecule has 5 heteroatoms. The Hall–Kier alpha value is -0.650. The molecule has 0 radical (unpaired) electrons. The van der Waals surface area contributed by atoms with Crippen LogP contribution >= 0.6 is 0 Å². The minimum absolute atomic E-state index is 0.126. The lowest BCUT2D eigenvalue weighted by Crippen LogP contribution is -2.18. The lowest BCUT2D eigenvalue weighted by molar-refractivity contribution is 0.343. The number of phenolic OH excluding ortho intramolecular Hbond substituents is 1. The van der Waals surface area contributed by atoms with Crippen molar-refractivity contribution < 1.29 is 13.5 Å². The zero-order valence-corrected chi connectivity index (χ0v) is 16.0. The van der Waals surface area contributed by atoms with Crippen LogP contribution in [-0.2, 0) is 46.5 Å². The summed E-state index contributed by atoms with van der Waals surface area (Å²) in [5, 5.41) is 10.7. The van der Waals surface area contributed by atoms with E-state index >= 15 is 0 Å². The molecule has 0 aromatic heterocycles. The van der Waals surface area contributed by atoms with E-state index in [9.17, 15) is 9.32 Å². The highest BCUT2D eigenvalue weighted by Crippen LogP contribution is 2.39. The zero-order chi connectivity index (χ0) is 17.1. The summed E-state index contributed by atoms with van der Waals surface area (Å²) >= 11 is 4.48. The largest absolute Gasteiger partial charge is 0.507 e. The number of phenols is 1. The predicted octanol–water partition coefficient (Wildman–Crippen LogP) is 4.28. The van der Waals surface area contributed by atoms with E-state index in [-0.39, 0.29) is 10.8 Å². The predicted molar refractivity (Wildman–Crippen MR) is 95.2 cm³/mol. The van der Waals surface area contributed by atoms with Crippen molar-refractivity contribution in [2.45, 2.75) is 65.2 Å². The first-order chi connectivity index (χ1) is 9.93. The first-order valence-electron chi connectivity index (χ1n) is 7.52. The number of rotatable bonds is 5. The van der Waals surface area contributed by atoms with Gasteiger partial charge in [-0.05, 0) is 40.4 Å². The van der Waals surface area contributed by atoms with Crippen molar-refractivity contribution in [2.24, 2.45) is 0 Å². The molecule has 0 unspecified atom stereocenters. The van der Waals surface area contributed by atoms with Crippen LogP contribution in [0.5, 0.6) is 5.75 Å². The van der Waals surface area contributed by atoms with Crippen LogP contribution in [0.15, 0.2) is 12.1 Å². The number of hydrogen-bond acceptors (Lipinski definition) is 5. The molecule has 0 saturated heterocycles. The molecule has 0 aliphatic heterocycles. The van der Waals surface area contributed by atoms with Crippen molar-refractivity contribution in [1.82, 2.24) is 0 Å². The van der Waals surface area contributed by atoms with Gasteiger partial charge in [0.05, 0.1) is 0 Å². The van der Waals surface area contributed by atoms with Gasteiger partial charge in [0.25, 0.3) is 0 Å². The van der Waals surface area contributed by atoms with E-state index in [1.807, 2.05) is 0 Å². The number of aromatic hydroxyl groups is 1. The Morgan fingerprint density at radius 1 is 1.09 bits per heavy atom. The second kappa shape index (κ2) is 7.28. The van der Waals surface area contributed by atoms with Crippen LogP contribution in [0, 0.1) is 0 Å². The van der Waals surface area contributed by atoms with Crippen molar-refractivity contribution in [1.29, 1.82) is 0 Å². The molecular formula is C17H27O3S2-. The summed E-state index contributed by atoms with van der Waals surface area (Å²) in [6.45, 7) is 13.0. The number of hydrogen-bond donors (Lipinski definition) is 1. The fourth-order valence-electron chi connectivity index (χ4n) is 2.39. The smallest absolute Gasteiger partial charge is 0.123 e. The first-order valence-corrected chi connectivity index (χ1v) is 9.52. The van der Waals surface area contributed by atoms with Gasteiger partial charge in [0, 0.05) is 6.61 Å². The third-order valence-corrected chi connectivity index (χ3v) is 4.22. The summed E-state index contributed by atoms with van der Waals surface area (Å²) in [7, 11) is -1.62. The van der Waals surface area contributed by atoms with Gasteiger partial charge in [-0.1, -0.05) is 63.3 Å². The van der Waals surface area contributed by atoms with E-state index in [2.05, 4.69) is 64.9 Å². The Labute approximate surface area is 141 Å². The summed E-state index contributed by atoms with van der Waals surface area (Å²) < 4.78 is 15.7. The third kappa shape index (κ3) is 5.52. The molecule has 0 aliphatic carbocycles. The maximum absolute atomic E-state index is 10.7. The molecule has 0 aliphatic rings. The summed E-state index contributed by atoms with van der Waals surface area (Å²) in [5.74, 6) is 0.395. The lowest BCUT2D eigenvalue weighted by Gasteiger charge is -2.28. The molecule has 0 atom stereocenters. The van der Waals surface area contributed by atoms with Gasteiger partial charge in [0.15, 0.2) is 0 Å². The van der Waals surface area contributed by atoms with E-state index < -0.39 is 9.64 Å². The molecule has 1 aromatic carbocycles. The van der Waals surface area contributed by atoms with Gasteiger partial charge in [-0.15, -0.1) is 0 Å². The third-order valence-electron chi connectivity index (χ3n) is 3.58. The molecule has 0 saturated carbocycles. The number of benzene rings is 1. The van der Waals surface area contributed by atoms with Crippen LogP contribution in [-0.4, -0.2) is 11.7 Å². The first kappa shape index (κ1) is 19.4. The molecule has 1 aromatic rings. The summed E-state index contributed by atoms with van der Waals surface area (Å²) in [6, 6.07) is 4.13. The van der Waals surface area contributed by atoms with Crippen molar-refractivity contribution in [2.75, 3.05) is 6.61 Å². The second-order valence-corrected chi connectivity index (χ2v) is 9.13. The van der Waals surface area contributed by atoms with Crippen LogP contribution in [0.25, 0.3) is 0 Å². The van der Waals surface area contributed by atoms with Gasteiger partial charge >= 0.3 is 0 Å². The van der Waals surface area contributed by atoms with E-state index in [4.69, 9.17) is 4.18 Å². The van der Waals surface area contributed by atoms with E-state index in [1.165, 1.54) is 0 Å². The minimum atomic E-state index is -1.62. The van der Waals surface area contributed by atoms with Crippen LogP contribution in [0.3, 0.4) is 0 Å². The standard InChI is InChI=1S/C17H27O3S2/c1-16(2,3)13-10-12(8-7-9-20-22(19)21)11-14(15(13)18)17(4,5)6/h10-11,18H,7-9H2,1-6H3/q-1.